The van der Waals surface area contributed by atoms with Crippen LogP contribution in [0.15, 0.2) is 12.1 Å². The Morgan fingerprint density at radius 2 is 1.94 bits per heavy atom. The van der Waals surface area contributed by atoms with E-state index in [1.807, 2.05) is 0 Å². The minimum Gasteiger partial charge on any atom is -0.399 e. The number of nitrogens with two attached hydrogens (primary N) is 1. The summed E-state index contributed by atoms with van der Waals surface area (Å²) in [6.45, 7) is 1.82. The number of likely N-dealkylation sites (N-methyl/N-ethyl adjacent to an activating group) is 1. The van der Waals surface area contributed by atoms with Gasteiger partial charge in [0.25, 0.3) is 0 Å². The molecule has 0 amide bonds. The third kappa shape index (κ3) is 3.41. The predicted molar refractivity (Wildman–Crippen MR) is 75.0 cm³/mol. The SMILES string of the molecule is CN(CCNc1c(Cl)cc(N)cc1Cl)C1CC1. The lowest BCUT2D eigenvalue weighted by atomic mass is 10.3. The summed E-state index contributed by atoms with van der Waals surface area (Å²) in [7, 11) is 2.14. The molecule has 0 unspecified atom stereocenters. The topological polar surface area (TPSA) is 41.3 Å². The molecule has 3 nitrogen and oxygen atoms in total. The smallest absolute Gasteiger partial charge is 0.0720 e. The zero-order valence-electron chi connectivity index (χ0n) is 9.84. The summed E-state index contributed by atoms with van der Waals surface area (Å²) in [4.78, 5) is 2.35. The molecule has 1 saturated carbocycles. The molecule has 5 heteroatoms. The Morgan fingerprint density at radius 1 is 1.35 bits per heavy atom. The Kier molecular flexibility index (Phi) is 4.02. The summed E-state index contributed by atoms with van der Waals surface area (Å²) < 4.78 is 0. The first-order valence-electron chi connectivity index (χ1n) is 5.76. The number of hydrogen-bond acceptors (Lipinski definition) is 3. The molecule has 0 radical (unpaired) electrons. The Balaban J connectivity index is 1.89. The van der Waals surface area contributed by atoms with Gasteiger partial charge in [-0.05, 0) is 32.0 Å². The van der Waals surface area contributed by atoms with Gasteiger partial charge in [-0.2, -0.15) is 0 Å². The second-order valence-electron chi connectivity index (χ2n) is 4.50. The van der Waals surface area contributed by atoms with Gasteiger partial charge < -0.3 is 16.0 Å². The van der Waals surface area contributed by atoms with Crippen LogP contribution in [0.5, 0.6) is 0 Å². The molecule has 0 bridgehead atoms. The highest BCUT2D eigenvalue weighted by Gasteiger charge is 2.25. The van der Waals surface area contributed by atoms with Crippen LogP contribution in [0.3, 0.4) is 0 Å². The molecule has 1 aromatic rings. The average molecular weight is 274 g/mol. The highest BCUT2D eigenvalue weighted by molar-refractivity contribution is 6.39. The lowest BCUT2D eigenvalue weighted by molar-refractivity contribution is 0.337. The van der Waals surface area contributed by atoms with Crippen molar-refractivity contribution in [3.63, 3.8) is 0 Å². The number of nitrogens with zero attached hydrogens (tertiary/aromatic N) is 1. The number of halogens is 2. The fourth-order valence-electron chi connectivity index (χ4n) is 1.82. The molecule has 0 aliphatic heterocycles. The molecule has 1 aliphatic rings. The van der Waals surface area contributed by atoms with Gasteiger partial charge >= 0.3 is 0 Å². The summed E-state index contributed by atoms with van der Waals surface area (Å²) in [6.07, 6.45) is 2.64. The number of anilines is 2. The highest BCUT2D eigenvalue weighted by Crippen LogP contribution is 2.32. The van der Waals surface area contributed by atoms with Gasteiger partial charge in [-0.15, -0.1) is 0 Å². The Bertz CT molecular complexity index is 382. The van der Waals surface area contributed by atoms with E-state index in [1.165, 1.54) is 12.8 Å². The van der Waals surface area contributed by atoms with Crippen LogP contribution in [0.2, 0.25) is 10.0 Å². The maximum Gasteiger partial charge on any atom is 0.0720 e. The van der Waals surface area contributed by atoms with Crippen molar-refractivity contribution < 1.29 is 0 Å². The fourth-order valence-corrected chi connectivity index (χ4v) is 2.45. The summed E-state index contributed by atoms with van der Waals surface area (Å²) in [6, 6.07) is 4.19. The first-order valence-corrected chi connectivity index (χ1v) is 6.52. The maximum absolute atomic E-state index is 6.08. The fraction of sp³-hybridized carbons (Fsp3) is 0.500. The quantitative estimate of drug-likeness (QED) is 0.811. The van der Waals surface area contributed by atoms with E-state index in [0.29, 0.717) is 15.7 Å². The van der Waals surface area contributed by atoms with E-state index in [4.69, 9.17) is 28.9 Å². The van der Waals surface area contributed by atoms with Gasteiger partial charge in [-0.1, -0.05) is 23.2 Å². The van der Waals surface area contributed by atoms with Crippen molar-refractivity contribution >= 4 is 34.6 Å². The van der Waals surface area contributed by atoms with Crippen molar-refractivity contribution in [3.05, 3.63) is 22.2 Å². The Hall–Kier alpha value is -0.640. The number of hydrogen-bond donors (Lipinski definition) is 2. The van der Waals surface area contributed by atoms with Crippen molar-refractivity contribution in [2.45, 2.75) is 18.9 Å². The lowest BCUT2D eigenvalue weighted by Gasteiger charge is -2.17. The van der Waals surface area contributed by atoms with Gasteiger partial charge in [-0.25, -0.2) is 0 Å². The molecule has 1 aromatic carbocycles. The third-order valence-corrected chi connectivity index (χ3v) is 3.60. The zero-order valence-corrected chi connectivity index (χ0v) is 11.4. The molecule has 1 fully saturated rings. The van der Waals surface area contributed by atoms with E-state index >= 15 is 0 Å². The first-order chi connectivity index (χ1) is 8.08. The summed E-state index contributed by atoms with van der Waals surface area (Å²) in [5.41, 5.74) is 7.00. The Morgan fingerprint density at radius 3 is 2.47 bits per heavy atom. The molecule has 0 aromatic heterocycles. The maximum atomic E-state index is 6.08. The van der Waals surface area contributed by atoms with Crippen LogP contribution in [0.25, 0.3) is 0 Å². The van der Waals surface area contributed by atoms with Crippen molar-refractivity contribution in [2.24, 2.45) is 0 Å². The van der Waals surface area contributed by atoms with E-state index in [2.05, 4.69) is 17.3 Å². The first kappa shape index (κ1) is 12.8. The van der Waals surface area contributed by atoms with Gasteiger partial charge in [0.05, 0.1) is 15.7 Å². The monoisotopic (exact) mass is 273 g/mol. The molecule has 0 spiro atoms. The van der Waals surface area contributed by atoms with Gasteiger partial charge in [0.15, 0.2) is 0 Å². The van der Waals surface area contributed by atoms with Crippen LogP contribution >= 0.6 is 23.2 Å². The molecular formula is C12H17Cl2N3. The van der Waals surface area contributed by atoms with Crippen LogP contribution in [-0.2, 0) is 0 Å². The predicted octanol–water partition coefficient (Wildman–Crippen LogP) is 3.08. The number of benzene rings is 1. The molecule has 1 aliphatic carbocycles. The number of nitrogen functional groups attached to an aromatic ring is 1. The zero-order chi connectivity index (χ0) is 12.4. The average Bonchev–Trinajstić information content (AvgIpc) is 3.04. The second-order valence-corrected chi connectivity index (χ2v) is 5.31. The molecular weight excluding hydrogens is 257 g/mol. The van der Waals surface area contributed by atoms with Crippen LogP contribution in [0, 0.1) is 0 Å². The van der Waals surface area contributed by atoms with E-state index in [-0.39, 0.29) is 0 Å². The lowest BCUT2D eigenvalue weighted by Crippen LogP contribution is -2.27. The normalized spacial score (nSPS) is 15.3. The molecule has 0 saturated heterocycles. The van der Waals surface area contributed by atoms with Crippen LogP contribution in [-0.4, -0.2) is 31.1 Å². The van der Waals surface area contributed by atoms with Gasteiger partial charge in [0.1, 0.15) is 0 Å². The minimum atomic E-state index is 0.573. The van der Waals surface area contributed by atoms with E-state index in [1.54, 1.807) is 12.1 Å². The van der Waals surface area contributed by atoms with E-state index < -0.39 is 0 Å². The van der Waals surface area contributed by atoms with Crippen LogP contribution in [0.1, 0.15) is 12.8 Å². The molecule has 0 heterocycles. The largest absolute Gasteiger partial charge is 0.399 e. The second kappa shape index (κ2) is 5.34. The minimum absolute atomic E-state index is 0.573. The third-order valence-electron chi connectivity index (χ3n) is 3.00. The summed E-state index contributed by atoms with van der Waals surface area (Å²) >= 11 is 12.2. The summed E-state index contributed by atoms with van der Waals surface area (Å²) in [5, 5.41) is 4.41. The number of nitrogens with one attached hydrogen (secondary N) is 1. The summed E-state index contributed by atoms with van der Waals surface area (Å²) in [5.74, 6) is 0. The van der Waals surface area contributed by atoms with E-state index in [9.17, 15) is 0 Å². The van der Waals surface area contributed by atoms with Crippen LogP contribution < -0.4 is 11.1 Å². The van der Waals surface area contributed by atoms with Gasteiger partial charge in [0, 0.05) is 24.8 Å². The highest BCUT2D eigenvalue weighted by atomic mass is 35.5. The van der Waals surface area contributed by atoms with Crippen molar-refractivity contribution in [3.8, 4) is 0 Å². The van der Waals surface area contributed by atoms with Crippen LogP contribution in [0.4, 0.5) is 11.4 Å². The van der Waals surface area contributed by atoms with Crippen molar-refractivity contribution in [2.75, 3.05) is 31.2 Å². The van der Waals surface area contributed by atoms with Crippen molar-refractivity contribution in [1.29, 1.82) is 0 Å². The molecule has 3 N–H and O–H groups in total. The molecule has 17 heavy (non-hydrogen) atoms. The number of rotatable bonds is 5. The standard InChI is InChI=1S/C12H17Cl2N3/c1-17(9-2-3-9)5-4-16-12-10(13)6-8(15)7-11(12)14/h6-7,9,16H,2-5,15H2,1H3. The van der Waals surface area contributed by atoms with Gasteiger partial charge in [-0.3, -0.25) is 0 Å². The molecule has 2 rings (SSSR count). The van der Waals surface area contributed by atoms with Gasteiger partial charge in [0.2, 0.25) is 0 Å². The molecule has 94 valence electrons. The Labute approximate surface area is 112 Å². The van der Waals surface area contributed by atoms with Crippen molar-refractivity contribution in [1.82, 2.24) is 4.90 Å². The van der Waals surface area contributed by atoms with E-state index in [0.717, 1.165) is 24.8 Å². The molecule has 0 atom stereocenters.